The minimum atomic E-state index is 0. The maximum atomic E-state index is 5.82. The third-order valence-corrected chi connectivity index (χ3v) is 3.22. The van der Waals surface area contributed by atoms with Crippen LogP contribution in [0.4, 0.5) is 0 Å². The minimum Gasteiger partial charge on any atom is -0.370 e. The molecule has 0 aromatic carbocycles. The first-order chi connectivity index (χ1) is 7.58. The molecule has 0 heterocycles. The summed E-state index contributed by atoms with van der Waals surface area (Å²) in [6.07, 6.45) is 6.30. The van der Waals surface area contributed by atoms with Crippen LogP contribution in [0.2, 0.25) is 0 Å². The van der Waals surface area contributed by atoms with Gasteiger partial charge in [0.05, 0.1) is 0 Å². The maximum absolute atomic E-state index is 5.82. The third-order valence-electron chi connectivity index (χ3n) is 3.22. The van der Waals surface area contributed by atoms with Gasteiger partial charge in [-0.25, -0.2) is 0 Å². The molecule has 0 saturated heterocycles. The summed E-state index contributed by atoms with van der Waals surface area (Å²) >= 11 is 0. The fourth-order valence-corrected chi connectivity index (χ4v) is 2.17. The second-order valence-electron chi connectivity index (χ2n) is 5.58. The average Bonchev–Trinajstić information content (AvgIpc) is 2.95. The zero-order chi connectivity index (χ0) is 12.0. The maximum Gasteiger partial charge on any atom is 0.188 e. The van der Waals surface area contributed by atoms with Gasteiger partial charge in [0.25, 0.3) is 0 Å². The lowest BCUT2D eigenvalue weighted by atomic mass is 9.94. The van der Waals surface area contributed by atoms with Gasteiger partial charge in [-0.15, -0.1) is 24.0 Å². The van der Waals surface area contributed by atoms with Gasteiger partial charge in [-0.1, -0.05) is 27.2 Å². The van der Waals surface area contributed by atoms with Crippen molar-refractivity contribution in [2.24, 2.45) is 22.1 Å². The molecule has 1 aliphatic rings. The smallest absolute Gasteiger partial charge is 0.188 e. The number of guanidine groups is 1. The van der Waals surface area contributed by atoms with Crippen molar-refractivity contribution in [3.05, 3.63) is 0 Å². The summed E-state index contributed by atoms with van der Waals surface area (Å²) < 4.78 is 0. The molecule has 102 valence electrons. The van der Waals surface area contributed by atoms with Crippen molar-refractivity contribution >= 4 is 29.9 Å². The Balaban J connectivity index is 0.00000256. The van der Waals surface area contributed by atoms with Crippen LogP contribution in [-0.4, -0.2) is 19.0 Å². The fourth-order valence-electron chi connectivity index (χ4n) is 2.17. The van der Waals surface area contributed by atoms with Crippen molar-refractivity contribution in [1.29, 1.82) is 0 Å². The number of rotatable bonds is 7. The number of nitrogens with two attached hydrogens (primary N) is 1. The summed E-state index contributed by atoms with van der Waals surface area (Å²) in [5.74, 6) is 1.40. The third kappa shape index (κ3) is 7.11. The molecule has 0 bridgehead atoms. The van der Waals surface area contributed by atoms with Crippen LogP contribution in [0.1, 0.15) is 52.9 Å². The Morgan fingerprint density at radius 1 is 1.41 bits per heavy atom. The highest BCUT2D eigenvalue weighted by molar-refractivity contribution is 14.0. The number of hydrogen-bond donors (Lipinski definition) is 2. The van der Waals surface area contributed by atoms with E-state index in [2.05, 4.69) is 31.1 Å². The summed E-state index contributed by atoms with van der Waals surface area (Å²) in [5, 5.41) is 3.16. The average molecular weight is 353 g/mol. The van der Waals surface area contributed by atoms with E-state index in [1.54, 1.807) is 0 Å². The molecule has 0 spiro atoms. The Labute approximate surface area is 123 Å². The molecule has 3 N–H and O–H groups in total. The summed E-state index contributed by atoms with van der Waals surface area (Å²) in [6.45, 7) is 8.61. The molecular weight excluding hydrogens is 325 g/mol. The first-order valence-electron chi connectivity index (χ1n) is 6.62. The van der Waals surface area contributed by atoms with Crippen LogP contribution >= 0.6 is 24.0 Å². The quantitative estimate of drug-likeness (QED) is 0.320. The topological polar surface area (TPSA) is 50.4 Å². The SMILES string of the molecule is CCCCNC(N)=NCC1(CC(C)C)CC1.I. The summed E-state index contributed by atoms with van der Waals surface area (Å²) in [5.41, 5.74) is 6.31. The highest BCUT2D eigenvalue weighted by Gasteiger charge is 2.42. The highest BCUT2D eigenvalue weighted by Crippen LogP contribution is 2.50. The Bertz CT molecular complexity index is 235. The van der Waals surface area contributed by atoms with Crippen LogP contribution in [0, 0.1) is 11.3 Å². The minimum absolute atomic E-state index is 0. The van der Waals surface area contributed by atoms with Crippen LogP contribution in [0.5, 0.6) is 0 Å². The first-order valence-corrected chi connectivity index (χ1v) is 6.62. The van der Waals surface area contributed by atoms with E-state index in [0.717, 1.165) is 25.4 Å². The number of halogens is 1. The Morgan fingerprint density at radius 2 is 2.06 bits per heavy atom. The second-order valence-corrected chi connectivity index (χ2v) is 5.58. The Kier molecular flexibility index (Phi) is 8.16. The molecule has 3 nitrogen and oxygen atoms in total. The zero-order valence-corrected chi connectivity index (χ0v) is 13.8. The predicted octanol–water partition coefficient (Wildman–Crippen LogP) is 3.14. The van der Waals surface area contributed by atoms with Crippen molar-refractivity contribution < 1.29 is 0 Å². The van der Waals surface area contributed by atoms with Crippen molar-refractivity contribution in [2.45, 2.75) is 52.9 Å². The molecule has 0 aromatic heterocycles. The molecule has 0 unspecified atom stereocenters. The molecular formula is C13H28IN3. The molecule has 1 rings (SSSR count). The van der Waals surface area contributed by atoms with Crippen LogP contribution < -0.4 is 11.1 Å². The van der Waals surface area contributed by atoms with E-state index >= 15 is 0 Å². The molecule has 0 aliphatic heterocycles. The van der Waals surface area contributed by atoms with Gasteiger partial charge in [0, 0.05) is 13.1 Å². The highest BCUT2D eigenvalue weighted by atomic mass is 127. The van der Waals surface area contributed by atoms with Crippen LogP contribution in [0.3, 0.4) is 0 Å². The number of hydrogen-bond acceptors (Lipinski definition) is 1. The van der Waals surface area contributed by atoms with Gasteiger partial charge in [-0.05, 0) is 37.0 Å². The van der Waals surface area contributed by atoms with E-state index in [-0.39, 0.29) is 24.0 Å². The van der Waals surface area contributed by atoms with E-state index < -0.39 is 0 Å². The lowest BCUT2D eigenvalue weighted by Crippen LogP contribution is -2.33. The fraction of sp³-hybridized carbons (Fsp3) is 0.923. The van der Waals surface area contributed by atoms with Crippen molar-refractivity contribution in [2.75, 3.05) is 13.1 Å². The number of nitrogens with zero attached hydrogens (tertiary/aromatic N) is 1. The van der Waals surface area contributed by atoms with Gasteiger partial charge < -0.3 is 11.1 Å². The van der Waals surface area contributed by atoms with E-state index in [0.29, 0.717) is 11.4 Å². The van der Waals surface area contributed by atoms with E-state index in [9.17, 15) is 0 Å². The monoisotopic (exact) mass is 353 g/mol. The van der Waals surface area contributed by atoms with E-state index in [1.807, 2.05) is 0 Å². The van der Waals surface area contributed by atoms with Crippen molar-refractivity contribution in [3.8, 4) is 0 Å². The van der Waals surface area contributed by atoms with Crippen LogP contribution in [0.25, 0.3) is 0 Å². The van der Waals surface area contributed by atoms with Crippen molar-refractivity contribution in [3.63, 3.8) is 0 Å². The van der Waals surface area contributed by atoms with Gasteiger partial charge in [-0.2, -0.15) is 0 Å². The largest absolute Gasteiger partial charge is 0.370 e. The Hall–Kier alpha value is 0. The van der Waals surface area contributed by atoms with Crippen molar-refractivity contribution in [1.82, 2.24) is 5.32 Å². The number of nitrogens with one attached hydrogen (secondary N) is 1. The second kappa shape index (κ2) is 8.16. The lowest BCUT2D eigenvalue weighted by Gasteiger charge is -2.15. The number of aliphatic imine (C=N–C) groups is 1. The normalized spacial score (nSPS) is 17.8. The van der Waals surface area contributed by atoms with Gasteiger partial charge >= 0.3 is 0 Å². The van der Waals surface area contributed by atoms with Gasteiger partial charge in [0.2, 0.25) is 0 Å². The molecule has 17 heavy (non-hydrogen) atoms. The molecule has 0 atom stereocenters. The predicted molar refractivity (Wildman–Crippen MR) is 85.9 cm³/mol. The molecule has 4 heteroatoms. The molecule has 1 aliphatic carbocycles. The standard InChI is InChI=1S/C13H27N3.HI/c1-4-5-8-15-12(14)16-10-13(6-7-13)9-11(2)3;/h11H,4-10H2,1-3H3,(H3,14,15,16);1H. The lowest BCUT2D eigenvalue weighted by molar-refractivity contribution is 0.398. The first kappa shape index (κ1) is 17.0. The summed E-state index contributed by atoms with van der Waals surface area (Å²) in [4.78, 5) is 4.47. The molecule has 0 amide bonds. The zero-order valence-electron chi connectivity index (χ0n) is 11.5. The van der Waals surface area contributed by atoms with Gasteiger partial charge in [0.1, 0.15) is 0 Å². The molecule has 1 saturated carbocycles. The van der Waals surface area contributed by atoms with Crippen LogP contribution in [-0.2, 0) is 0 Å². The Morgan fingerprint density at radius 3 is 2.53 bits per heavy atom. The number of unbranched alkanes of at least 4 members (excludes halogenated alkanes) is 1. The van der Waals surface area contributed by atoms with Gasteiger partial charge in [0.15, 0.2) is 5.96 Å². The molecule has 0 aromatic rings. The molecule has 1 fully saturated rings. The van der Waals surface area contributed by atoms with Gasteiger partial charge in [-0.3, -0.25) is 4.99 Å². The summed E-state index contributed by atoms with van der Waals surface area (Å²) in [6, 6.07) is 0. The molecule has 0 radical (unpaired) electrons. The van der Waals surface area contributed by atoms with E-state index in [1.165, 1.54) is 25.7 Å². The van der Waals surface area contributed by atoms with E-state index in [4.69, 9.17) is 5.73 Å². The van der Waals surface area contributed by atoms with Crippen LogP contribution in [0.15, 0.2) is 4.99 Å². The summed E-state index contributed by atoms with van der Waals surface area (Å²) in [7, 11) is 0.